The van der Waals surface area contributed by atoms with Gasteiger partial charge in [-0.25, -0.2) is 16.8 Å². The minimum Gasteiger partial charge on any atom is -0.495 e. The Morgan fingerprint density at radius 1 is 0.810 bits per heavy atom. The summed E-state index contributed by atoms with van der Waals surface area (Å²) in [5, 5.41) is 2.76. The fourth-order valence-corrected chi connectivity index (χ4v) is 7.90. The fraction of sp³-hybridized carbons (Fsp3) is 0.194. The first-order valence-electron chi connectivity index (χ1n) is 13.4. The van der Waals surface area contributed by atoms with Crippen LogP contribution in [0, 0.1) is 0 Å². The number of para-hydroxylation sites is 1. The van der Waals surface area contributed by atoms with Gasteiger partial charge in [-0.15, -0.1) is 0 Å². The van der Waals surface area contributed by atoms with Gasteiger partial charge in [0, 0.05) is 13.1 Å². The van der Waals surface area contributed by atoms with E-state index in [1.807, 2.05) is 30.3 Å². The van der Waals surface area contributed by atoms with Crippen molar-refractivity contribution in [3.63, 3.8) is 0 Å². The van der Waals surface area contributed by atoms with E-state index < -0.39 is 26.0 Å². The van der Waals surface area contributed by atoms with Crippen LogP contribution in [0.1, 0.15) is 28.8 Å². The molecule has 1 aliphatic rings. The molecule has 0 atom stereocenters. The SMILES string of the molecule is COc1ccc(S(=O)(=O)N2CCCC2)cc1NC(=O)c1ccccc1N(Cc1ccccc1)S(=O)(=O)c1ccccc1. The van der Waals surface area contributed by atoms with Gasteiger partial charge in [-0.3, -0.25) is 9.10 Å². The third-order valence-corrected chi connectivity index (χ3v) is 10.7. The molecular formula is C31H31N3O6S2. The summed E-state index contributed by atoms with van der Waals surface area (Å²) >= 11 is 0. The van der Waals surface area contributed by atoms with Crippen LogP contribution in [0.5, 0.6) is 5.75 Å². The van der Waals surface area contributed by atoms with Crippen LogP contribution in [-0.4, -0.2) is 47.2 Å². The highest BCUT2D eigenvalue weighted by Gasteiger charge is 2.30. The van der Waals surface area contributed by atoms with Gasteiger partial charge in [0.2, 0.25) is 10.0 Å². The first kappa shape index (κ1) is 29.3. The minimum absolute atomic E-state index is 0.0186. The summed E-state index contributed by atoms with van der Waals surface area (Å²) in [4.78, 5) is 13.9. The number of carbonyl (C=O) groups is 1. The third-order valence-electron chi connectivity index (χ3n) is 7.04. The van der Waals surface area contributed by atoms with Crippen LogP contribution in [0.2, 0.25) is 0 Å². The van der Waals surface area contributed by atoms with Crippen LogP contribution in [0.4, 0.5) is 11.4 Å². The highest BCUT2D eigenvalue weighted by atomic mass is 32.2. The number of nitrogens with one attached hydrogen (secondary N) is 1. The highest BCUT2D eigenvalue weighted by molar-refractivity contribution is 7.92. The van der Waals surface area contributed by atoms with Gasteiger partial charge in [0.15, 0.2) is 0 Å². The topological polar surface area (TPSA) is 113 Å². The minimum atomic E-state index is -4.09. The molecule has 11 heteroatoms. The van der Waals surface area contributed by atoms with Crippen LogP contribution < -0.4 is 14.4 Å². The van der Waals surface area contributed by atoms with Gasteiger partial charge < -0.3 is 10.1 Å². The maximum Gasteiger partial charge on any atom is 0.264 e. The average molecular weight is 606 g/mol. The van der Waals surface area contributed by atoms with Crippen LogP contribution >= 0.6 is 0 Å². The van der Waals surface area contributed by atoms with E-state index in [0.717, 1.165) is 18.4 Å². The lowest BCUT2D eigenvalue weighted by Gasteiger charge is -2.27. The van der Waals surface area contributed by atoms with Crippen molar-refractivity contribution in [2.45, 2.75) is 29.2 Å². The van der Waals surface area contributed by atoms with E-state index in [1.165, 1.54) is 52.1 Å². The van der Waals surface area contributed by atoms with E-state index in [9.17, 15) is 21.6 Å². The Morgan fingerprint density at radius 3 is 2.10 bits per heavy atom. The van der Waals surface area contributed by atoms with Crippen molar-refractivity contribution in [3.05, 3.63) is 114 Å². The molecule has 5 rings (SSSR count). The number of hydrogen-bond donors (Lipinski definition) is 1. The number of amides is 1. The summed E-state index contributed by atoms with van der Waals surface area (Å²) in [5.74, 6) is -0.361. The Kier molecular flexibility index (Phi) is 8.62. The van der Waals surface area contributed by atoms with Crippen LogP contribution in [-0.2, 0) is 26.6 Å². The molecule has 1 N–H and O–H groups in total. The second-order valence-corrected chi connectivity index (χ2v) is 13.6. The molecule has 0 spiro atoms. The van der Waals surface area contributed by atoms with Gasteiger partial charge in [-0.2, -0.15) is 4.31 Å². The number of rotatable bonds is 10. The van der Waals surface area contributed by atoms with E-state index in [-0.39, 0.29) is 39.0 Å². The van der Waals surface area contributed by atoms with E-state index >= 15 is 0 Å². The van der Waals surface area contributed by atoms with Crippen molar-refractivity contribution in [2.75, 3.05) is 29.8 Å². The van der Waals surface area contributed by atoms with Crippen molar-refractivity contribution in [3.8, 4) is 5.75 Å². The van der Waals surface area contributed by atoms with Crippen molar-refractivity contribution < 1.29 is 26.4 Å². The first-order valence-corrected chi connectivity index (χ1v) is 16.3. The molecule has 1 saturated heterocycles. The third kappa shape index (κ3) is 6.03. The Morgan fingerprint density at radius 2 is 1.43 bits per heavy atom. The zero-order valence-electron chi connectivity index (χ0n) is 23.0. The predicted molar refractivity (Wildman–Crippen MR) is 162 cm³/mol. The number of sulfonamides is 2. The summed E-state index contributed by atoms with van der Waals surface area (Å²) in [6, 6.07) is 27.8. The maximum atomic E-state index is 14.0. The smallest absolute Gasteiger partial charge is 0.264 e. The molecule has 4 aromatic carbocycles. The molecule has 9 nitrogen and oxygen atoms in total. The van der Waals surface area contributed by atoms with Crippen molar-refractivity contribution in [2.24, 2.45) is 0 Å². The van der Waals surface area contributed by atoms with Crippen LogP contribution in [0.25, 0.3) is 0 Å². The highest BCUT2D eigenvalue weighted by Crippen LogP contribution is 2.33. The number of hydrogen-bond acceptors (Lipinski definition) is 6. The molecule has 0 radical (unpaired) electrons. The second kappa shape index (κ2) is 12.4. The van der Waals surface area contributed by atoms with Crippen molar-refractivity contribution in [1.82, 2.24) is 4.31 Å². The molecule has 1 heterocycles. The Balaban J connectivity index is 1.54. The molecule has 218 valence electrons. The monoisotopic (exact) mass is 605 g/mol. The lowest BCUT2D eigenvalue weighted by Crippen LogP contribution is -2.32. The molecule has 1 amide bonds. The molecule has 0 aliphatic carbocycles. The zero-order chi connectivity index (χ0) is 29.7. The summed E-state index contributed by atoms with van der Waals surface area (Å²) in [5.41, 5.74) is 1.14. The standard InChI is InChI=1S/C31H31N3O6S2/c1-40-30-19-18-26(41(36,37)33-20-10-11-21-33)22-28(30)32-31(35)27-16-8-9-17-29(27)34(23-24-12-4-2-5-13-24)42(38,39)25-14-6-3-7-15-25/h2-9,12-19,22H,10-11,20-21,23H2,1H3,(H,32,35). The number of benzene rings is 4. The largest absolute Gasteiger partial charge is 0.495 e. The summed E-state index contributed by atoms with van der Waals surface area (Å²) < 4.78 is 62.4. The Hall–Kier alpha value is -4.19. The first-order chi connectivity index (χ1) is 20.2. The number of carbonyl (C=O) groups excluding carboxylic acids is 1. The number of nitrogens with zero attached hydrogens (tertiary/aromatic N) is 2. The molecule has 0 saturated carbocycles. The van der Waals surface area contributed by atoms with E-state index in [1.54, 1.807) is 36.4 Å². The van der Waals surface area contributed by atoms with E-state index in [4.69, 9.17) is 4.74 Å². The molecule has 1 aliphatic heterocycles. The molecule has 42 heavy (non-hydrogen) atoms. The lowest BCUT2D eigenvalue weighted by molar-refractivity contribution is 0.102. The molecule has 0 bridgehead atoms. The van der Waals surface area contributed by atoms with Gasteiger partial charge in [0.1, 0.15) is 5.75 Å². The lowest BCUT2D eigenvalue weighted by atomic mass is 10.1. The predicted octanol–water partition coefficient (Wildman–Crippen LogP) is 5.13. The second-order valence-electron chi connectivity index (χ2n) is 9.75. The van der Waals surface area contributed by atoms with Gasteiger partial charge in [-0.05, 0) is 60.9 Å². The molecule has 1 fully saturated rings. The molecule has 4 aromatic rings. The number of methoxy groups -OCH3 is 1. The van der Waals surface area contributed by atoms with E-state index in [2.05, 4.69) is 5.32 Å². The summed E-state index contributed by atoms with van der Waals surface area (Å²) in [7, 11) is -6.42. The van der Waals surface area contributed by atoms with Gasteiger partial charge in [0.25, 0.3) is 15.9 Å². The average Bonchev–Trinajstić information content (AvgIpc) is 3.57. The quantitative estimate of drug-likeness (QED) is 0.268. The van der Waals surface area contributed by atoms with Crippen molar-refractivity contribution >= 4 is 37.3 Å². The van der Waals surface area contributed by atoms with Gasteiger partial charge in [0.05, 0.1) is 40.4 Å². The van der Waals surface area contributed by atoms with Crippen molar-refractivity contribution in [1.29, 1.82) is 0 Å². The molecule has 0 unspecified atom stereocenters. The number of anilines is 2. The Labute approximate surface area is 246 Å². The maximum absolute atomic E-state index is 14.0. The fourth-order valence-electron chi connectivity index (χ4n) is 4.86. The summed E-state index contributed by atoms with van der Waals surface area (Å²) in [6.45, 7) is 0.863. The zero-order valence-corrected chi connectivity index (χ0v) is 24.6. The van der Waals surface area contributed by atoms with Crippen LogP contribution in [0.15, 0.2) is 113 Å². The van der Waals surface area contributed by atoms with Crippen LogP contribution in [0.3, 0.4) is 0 Å². The molecular weight excluding hydrogens is 574 g/mol. The number of ether oxygens (including phenoxy) is 1. The normalized spacial score (nSPS) is 13.9. The van der Waals surface area contributed by atoms with Gasteiger partial charge >= 0.3 is 0 Å². The Bertz CT molecular complexity index is 1770. The van der Waals surface area contributed by atoms with Gasteiger partial charge in [-0.1, -0.05) is 60.7 Å². The van der Waals surface area contributed by atoms with E-state index in [0.29, 0.717) is 13.1 Å². The summed E-state index contributed by atoms with van der Waals surface area (Å²) in [6.07, 6.45) is 1.59. The molecule has 0 aromatic heterocycles.